The highest BCUT2D eigenvalue weighted by atomic mass is 79.9. The molecule has 19 heavy (non-hydrogen) atoms. The molecule has 2 aromatic carbocycles. The van der Waals surface area contributed by atoms with Crippen molar-refractivity contribution in [1.29, 1.82) is 5.26 Å². The Morgan fingerprint density at radius 1 is 1.26 bits per heavy atom. The molecule has 0 heterocycles. The van der Waals surface area contributed by atoms with Gasteiger partial charge in [0.25, 0.3) is 0 Å². The zero-order chi connectivity index (χ0) is 13.8. The topological polar surface area (TPSA) is 35.8 Å². The Bertz CT molecular complexity index is 634. The zero-order valence-electron chi connectivity index (χ0n) is 10.3. The summed E-state index contributed by atoms with van der Waals surface area (Å²) in [7, 11) is 0. The van der Waals surface area contributed by atoms with Gasteiger partial charge in [0.2, 0.25) is 0 Å². The summed E-state index contributed by atoms with van der Waals surface area (Å²) in [4.78, 5) is 0. The van der Waals surface area contributed by atoms with Crippen LogP contribution in [0.2, 0.25) is 5.02 Å². The minimum Gasteiger partial charge on any atom is -0.366 e. The first-order valence-corrected chi connectivity index (χ1v) is 6.95. The largest absolute Gasteiger partial charge is 0.366 e. The first-order chi connectivity index (χ1) is 9.10. The van der Waals surface area contributed by atoms with Crippen molar-refractivity contribution < 1.29 is 0 Å². The summed E-state index contributed by atoms with van der Waals surface area (Å²) in [6, 6.07) is 15.1. The number of rotatable bonds is 3. The van der Waals surface area contributed by atoms with Gasteiger partial charge in [0.15, 0.2) is 0 Å². The Morgan fingerprint density at radius 2 is 2.05 bits per heavy atom. The molecule has 2 nitrogen and oxygen atoms in total. The van der Waals surface area contributed by atoms with Crippen LogP contribution in [0.3, 0.4) is 0 Å². The van der Waals surface area contributed by atoms with Crippen molar-refractivity contribution in [2.24, 2.45) is 0 Å². The molecular formula is C15H12BrClN2. The van der Waals surface area contributed by atoms with E-state index in [9.17, 15) is 5.26 Å². The third-order valence-corrected chi connectivity index (χ3v) is 3.88. The van der Waals surface area contributed by atoms with E-state index in [1.165, 1.54) is 0 Å². The van der Waals surface area contributed by atoms with Gasteiger partial charge < -0.3 is 5.32 Å². The fourth-order valence-electron chi connectivity index (χ4n) is 1.72. The summed E-state index contributed by atoms with van der Waals surface area (Å²) in [6.07, 6.45) is 0. The van der Waals surface area contributed by atoms with Crippen LogP contribution >= 0.6 is 27.5 Å². The van der Waals surface area contributed by atoms with Crippen molar-refractivity contribution in [3.05, 3.63) is 63.1 Å². The second-order valence-corrected chi connectivity index (χ2v) is 5.52. The molecule has 1 atom stereocenters. The lowest BCUT2D eigenvalue weighted by Gasteiger charge is -2.14. The average molecular weight is 336 g/mol. The standard InChI is InChI=1S/C15H12BrClN2/c1-10-5-6-11(7-14(10)16)15(9-18)19-13-4-2-3-12(17)8-13/h2-8,15,19H,1H3. The van der Waals surface area contributed by atoms with Crippen LogP contribution in [0.1, 0.15) is 17.2 Å². The number of halogens is 2. The molecule has 0 saturated carbocycles. The fourth-order valence-corrected chi connectivity index (χ4v) is 2.31. The van der Waals surface area contributed by atoms with Crippen molar-refractivity contribution in [1.82, 2.24) is 0 Å². The molecule has 0 saturated heterocycles. The molecule has 4 heteroatoms. The van der Waals surface area contributed by atoms with E-state index in [1.807, 2.05) is 37.3 Å². The van der Waals surface area contributed by atoms with E-state index in [1.54, 1.807) is 12.1 Å². The molecule has 0 fully saturated rings. The van der Waals surface area contributed by atoms with Crippen molar-refractivity contribution in [3.63, 3.8) is 0 Å². The van der Waals surface area contributed by atoms with E-state index in [0.29, 0.717) is 5.02 Å². The normalized spacial score (nSPS) is 11.7. The summed E-state index contributed by atoms with van der Waals surface area (Å²) in [6.45, 7) is 2.01. The molecule has 0 spiro atoms. The van der Waals surface area contributed by atoms with Gasteiger partial charge in [0, 0.05) is 15.2 Å². The van der Waals surface area contributed by atoms with E-state index >= 15 is 0 Å². The SMILES string of the molecule is Cc1ccc(C(C#N)Nc2cccc(Cl)c2)cc1Br. The molecular weight excluding hydrogens is 324 g/mol. The minimum atomic E-state index is -0.407. The first-order valence-electron chi connectivity index (χ1n) is 5.78. The second-order valence-electron chi connectivity index (χ2n) is 4.23. The Kier molecular flexibility index (Phi) is 4.47. The molecule has 1 N–H and O–H groups in total. The lowest BCUT2D eigenvalue weighted by molar-refractivity contribution is 0.994. The van der Waals surface area contributed by atoms with Crippen LogP contribution in [0.15, 0.2) is 46.9 Å². The Morgan fingerprint density at radius 3 is 2.68 bits per heavy atom. The Balaban J connectivity index is 2.25. The van der Waals surface area contributed by atoms with Crippen molar-refractivity contribution >= 4 is 33.2 Å². The van der Waals surface area contributed by atoms with Crippen LogP contribution in [0.5, 0.6) is 0 Å². The number of hydrogen-bond acceptors (Lipinski definition) is 2. The number of benzene rings is 2. The van der Waals surface area contributed by atoms with E-state index in [4.69, 9.17) is 11.6 Å². The minimum absolute atomic E-state index is 0.407. The van der Waals surface area contributed by atoms with Crippen LogP contribution in [0.25, 0.3) is 0 Å². The molecule has 0 aliphatic heterocycles. The lowest BCUT2D eigenvalue weighted by Crippen LogP contribution is -2.08. The number of aryl methyl sites for hydroxylation is 1. The average Bonchev–Trinajstić information content (AvgIpc) is 2.39. The van der Waals surface area contributed by atoms with E-state index in [0.717, 1.165) is 21.3 Å². The van der Waals surface area contributed by atoms with Gasteiger partial charge in [-0.2, -0.15) is 5.26 Å². The van der Waals surface area contributed by atoms with Crippen LogP contribution in [-0.2, 0) is 0 Å². The van der Waals surface area contributed by atoms with Gasteiger partial charge in [-0.1, -0.05) is 45.7 Å². The van der Waals surface area contributed by atoms with Gasteiger partial charge in [0.1, 0.15) is 6.04 Å². The quantitative estimate of drug-likeness (QED) is 0.848. The van der Waals surface area contributed by atoms with Crippen LogP contribution in [-0.4, -0.2) is 0 Å². The molecule has 0 radical (unpaired) electrons. The van der Waals surface area contributed by atoms with E-state index in [-0.39, 0.29) is 0 Å². The summed E-state index contributed by atoms with van der Waals surface area (Å²) in [5.41, 5.74) is 2.89. The van der Waals surface area contributed by atoms with Gasteiger partial charge in [-0.05, 0) is 42.3 Å². The van der Waals surface area contributed by atoms with Crippen molar-refractivity contribution in [3.8, 4) is 6.07 Å². The maximum atomic E-state index is 9.31. The van der Waals surface area contributed by atoms with Crippen LogP contribution in [0, 0.1) is 18.3 Å². The van der Waals surface area contributed by atoms with Gasteiger partial charge in [-0.25, -0.2) is 0 Å². The molecule has 2 aromatic rings. The molecule has 1 unspecified atom stereocenters. The number of hydrogen-bond donors (Lipinski definition) is 1. The number of nitrogens with one attached hydrogen (secondary N) is 1. The number of nitriles is 1. The van der Waals surface area contributed by atoms with Crippen molar-refractivity contribution in [2.45, 2.75) is 13.0 Å². The van der Waals surface area contributed by atoms with E-state index < -0.39 is 6.04 Å². The smallest absolute Gasteiger partial charge is 0.140 e. The van der Waals surface area contributed by atoms with Gasteiger partial charge in [-0.3, -0.25) is 0 Å². The Labute approximate surface area is 126 Å². The second kappa shape index (κ2) is 6.10. The summed E-state index contributed by atoms with van der Waals surface area (Å²) in [5, 5.41) is 13.1. The maximum Gasteiger partial charge on any atom is 0.140 e. The van der Waals surface area contributed by atoms with Crippen LogP contribution in [0.4, 0.5) is 5.69 Å². The molecule has 0 bridgehead atoms. The monoisotopic (exact) mass is 334 g/mol. The van der Waals surface area contributed by atoms with Gasteiger partial charge >= 0.3 is 0 Å². The molecule has 2 rings (SSSR count). The predicted octanol–water partition coefficient (Wildman–Crippen LogP) is 5.09. The number of nitrogens with zero attached hydrogens (tertiary/aromatic N) is 1. The summed E-state index contributed by atoms with van der Waals surface area (Å²) in [5.74, 6) is 0. The molecule has 0 amide bonds. The molecule has 96 valence electrons. The maximum absolute atomic E-state index is 9.31. The first kappa shape index (κ1) is 13.9. The summed E-state index contributed by atoms with van der Waals surface area (Å²) < 4.78 is 0.998. The third kappa shape index (κ3) is 3.50. The zero-order valence-corrected chi connectivity index (χ0v) is 12.7. The number of anilines is 1. The molecule has 0 aliphatic rings. The van der Waals surface area contributed by atoms with Gasteiger partial charge in [-0.15, -0.1) is 0 Å². The third-order valence-electron chi connectivity index (χ3n) is 2.79. The van der Waals surface area contributed by atoms with Gasteiger partial charge in [0.05, 0.1) is 6.07 Å². The predicted molar refractivity (Wildman–Crippen MR) is 82.3 cm³/mol. The van der Waals surface area contributed by atoms with Crippen LogP contribution < -0.4 is 5.32 Å². The molecule has 0 aromatic heterocycles. The molecule has 0 aliphatic carbocycles. The highest BCUT2D eigenvalue weighted by Crippen LogP contribution is 2.25. The lowest BCUT2D eigenvalue weighted by atomic mass is 10.1. The Hall–Kier alpha value is -1.50. The highest BCUT2D eigenvalue weighted by Gasteiger charge is 2.11. The summed E-state index contributed by atoms with van der Waals surface area (Å²) >= 11 is 9.42. The highest BCUT2D eigenvalue weighted by molar-refractivity contribution is 9.10. The van der Waals surface area contributed by atoms with Crippen molar-refractivity contribution in [2.75, 3.05) is 5.32 Å². The van der Waals surface area contributed by atoms with E-state index in [2.05, 4.69) is 27.3 Å². The fraction of sp³-hybridized carbons (Fsp3) is 0.133.